The first-order valence-corrected chi connectivity index (χ1v) is 6.19. The van der Waals surface area contributed by atoms with Gasteiger partial charge in [0.2, 0.25) is 0 Å². The molecule has 3 nitrogen and oxygen atoms in total. The van der Waals surface area contributed by atoms with Crippen molar-refractivity contribution in [2.24, 2.45) is 5.92 Å². The minimum Gasteiger partial charge on any atom is -0.352 e. The van der Waals surface area contributed by atoms with E-state index in [1.54, 1.807) is 24.3 Å². The zero-order valence-corrected chi connectivity index (χ0v) is 11.3. The van der Waals surface area contributed by atoms with Gasteiger partial charge >= 0.3 is 0 Å². The fourth-order valence-corrected chi connectivity index (χ4v) is 1.87. The molecule has 0 aromatic heterocycles. The average molecular weight is 256 g/mol. The van der Waals surface area contributed by atoms with E-state index in [9.17, 15) is 4.79 Å². The van der Waals surface area contributed by atoms with Crippen molar-refractivity contribution in [2.45, 2.75) is 6.92 Å². The maximum atomic E-state index is 11.8. The van der Waals surface area contributed by atoms with E-state index in [0.29, 0.717) is 23.0 Å². The largest absolute Gasteiger partial charge is 0.352 e. The molecular weight excluding hydrogens is 236 g/mol. The fraction of sp³-hybridized carbons (Fsp3) is 0.462. The Morgan fingerprint density at radius 3 is 2.47 bits per heavy atom. The van der Waals surface area contributed by atoms with Crippen molar-refractivity contribution in [1.29, 1.82) is 0 Å². The van der Waals surface area contributed by atoms with Crippen LogP contribution in [0, 0.1) is 5.92 Å². The molecule has 1 rings (SSSR count). The molecule has 0 bridgehead atoms. The van der Waals surface area contributed by atoms with Gasteiger partial charge in [-0.3, -0.25) is 4.79 Å². The summed E-state index contributed by atoms with van der Waals surface area (Å²) in [5.41, 5.74) is 0.652. The lowest BCUT2D eigenvalue weighted by Gasteiger charge is -2.15. The second-order valence-electron chi connectivity index (χ2n) is 4.73. The van der Waals surface area contributed by atoms with Crippen LogP contribution < -0.4 is 10.2 Å². The summed E-state index contributed by atoms with van der Waals surface area (Å²) in [6.45, 7) is 3.88. The lowest BCUT2D eigenvalue weighted by atomic mass is 10.1. The highest BCUT2D eigenvalue weighted by atomic mass is 35.5. The normalized spacial score (nSPS) is 12.5. The van der Waals surface area contributed by atoms with Gasteiger partial charge in [-0.15, -0.1) is 0 Å². The molecule has 4 heteroatoms. The molecule has 1 atom stereocenters. The monoisotopic (exact) mass is 255 g/mol. The maximum absolute atomic E-state index is 11.8. The van der Waals surface area contributed by atoms with Gasteiger partial charge < -0.3 is 10.2 Å². The van der Waals surface area contributed by atoms with Gasteiger partial charge in [-0.1, -0.05) is 18.5 Å². The highest BCUT2D eigenvalue weighted by Crippen LogP contribution is 2.09. The zero-order chi connectivity index (χ0) is 12.8. The number of carbonyl (C=O) groups is 1. The molecule has 94 valence electrons. The fourth-order valence-electron chi connectivity index (χ4n) is 1.74. The molecule has 0 heterocycles. The van der Waals surface area contributed by atoms with Gasteiger partial charge in [0.15, 0.2) is 0 Å². The first kappa shape index (κ1) is 14.0. The predicted octanol–water partition coefficient (Wildman–Crippen LogP) is 0.850. The van der Waals surface area contributed by atoms with Crippen LogP contribution in [0.3, 0.4) is 0 Å². The Morgan fingerprint density at radius 1 is 1.35 bits per heavy atom. The number of carbonyl (C=O) groups excluding carboxylic acids is 1. The Bertz CT molecular complexity index is 362. The van der Waals surface area contributed by atoms with Gasteiger partial charge in [-0.25, -0.2) is 0 Å². The standard InChI is InChI=1S/C13H19ClN2O/c1-10(9-16(2)3)8-15-13(17)11-4-6-12(14)7-5-11/h4-7,10H,8-9H2,1-3H3,(H,15,17)/p+1/t10-/m1/s1. The van der Waals surface area contributed by atoms with E-state index in [4.69, 9.17) is 11.6 Å². The van der Waals surface area contributed by atoms with E-state index < -0.39 is 0 Å². The van der Waals surface area contributed by atoms with Crippen LogP contribution in [-0.2, 0) is 0 Å². The van der Waals surface area contributed by atoms with Crippen LogP contribution in [0.1, 0.15) is 17.3 Å². The molecule has 0 aliphatic rings. The van der Waals surface area contributed by atoms with Crippen LogP contribution in [0.4, 0.5) is 0 Å². The number of hydrogen-bond donors (Lipinski definition) is 2. The number of nitrogens with one attached hydrogen (secondary N) is 2. The second-order valence-corrected chi connectivity index (χ2v) is 5.17. The maximum Gasteiger partial charge on any atom is 0.251 e. The molecule has 0 spiro atoms. The smallest absolute Gasteiger partial charge is 0.251 e. The van der Waals surface area contributed by atoms with E-state index >= 15 is 0 Å². The van der Waals surface area contributed by atoms with Gasteiger partial charge in [0, 0.05) is 23.0 Å². The Morgan fingerprint density at radius 2 is 1.94 bits per heavy atom. The summed E-state index contributed by atoms with van der Waals surface area (Å²) in [5, 5.41) is 3.57. The molecule has 0 saturated carbocycles. The number of halogens is 1. The molecule has 1 amide bonds. The molecule has 0 saturated heterocycles. The van der Waals surface area contributed by atoms with E-state index in [-0.39, 0.29) is 5.91 Å². The number of amides is 1. The van der Waals surface area contributed by atoms with Crippen LogP contribution in [0.5, 0.6) is 0 Å². The summed E-state index contributed by atoms with van der Waals surface area (Å²) >= 11 is 5.77. The summed E-state index contributed by atoms with van der Waals surface area (Å²) in [5.74, 6) is 0.429. The van der Waals surface area contributed by atoms with Crippen molar-refractivity contribution >= 4 is 17.5 Å². The van der Waals surface area contributed by atoms with Crippen molar-refractivity contribution in [3.05, 3.63) is 34.9 Å². The first-order chi connectivity index (χ1) is 7.99. The molecular formula is C13H20ClN2O+. The van der Waals surface area contributed by atoms with E-state index in [2.05, 4.69) is 26.3 Å². The van der Waals surface area contributed by atoms with Crippen molar-refractivity contribution < 1.29 is 9.69 Å². The third kappa shape index (κ3) is 5.20. The van der Waals surface area contributed by atoms with Gasteiger partial charge in [0.05, 0.1) is 20.6 Å². The quantitative estimate of drug-likeness (QED) is 0.804. The van der Waals surface area contributed by atoms with E-state index in [1.807, 2.05) is 0 Å². The Hall–Kier alpha value is -1.06. The lowest BCUT2D eigenvalue weighted by Crippen LogP contribution is -3.06. The summed E-state index contributed by atoms with van der Waals surface area (Å²) in [4.78, 5) is 13.2. The van der Waals surface area contributed by atoms with Crippen molar-refractivity contribution in [1.82, 2.24) is 5.32 Å². The molecule has 1 aromatic rings. The molecule has 1 aromatic carbocycles. The number of quaternary nitrogens is 1. The minimum atomic E-state index is -0.0396. The van der Waals surface area contributed by atoms with E-state index in [1.165, 1.54) is 4.90 Å². The molecule has 0 aliphatic heterocycles. The van der Waals surface area contributed by atoms with Crippen molar-refractivity contribution in [3.8, 4) is 0 Å². The van der Waals surface area contributed by atoms with Gasteiger partial charge in [-0.05, 0) is 24.3 Å². The van der Waals surface area contributed by atoms with Crippen LogP contribution in [0.2, 0.25) is 5.02 Å². The van der Waals surface area contributed by atoms with Crippen LogP contribution >= 0.6 is 11.6 Å². The number of rotatable bonds is 5. The molecule has 0 unspecified atom stereocenters. The van der Waals surface area contributed by atoms with Gasteiger partial charge in [0.1, 0.15) is 0 Å². The summed E-state index contributed by atoms with van der Waals surface area (Å²) in [6, 6.07) is 6.92. The number of benzene rings is 1. The Kier molecular flexibility index (Phi) is 5.45. The number of hydrogen-bond acceptors (Lipinski definition) is 1. The zero-order valence-electron chi connectivity index (χ0n) is 10.6. The van der Waals surface area contributed by atoms with Gasteiger partial charge in [-0.2, -0.15) is 0 Å². The first-order valence-electron chi connectivity index (χ1n) is 5.82. The van der Waals surface area contributed by atoms with Crippen LogP contribution in [0.15, 0.2) is 24.3 Å². The summed E-state index contributed by atoms with van der Waals surface area (Å²) in [7, 11) is 4.22. The molecule has 0 aliphatic carbocycles. The molecule has 0 fully saturated rings. The summed E-state index contributed by atoms with van der Waals surface area (Å²) < 4.78 is 0. The van der Waals surface area contributed by atoms with Gasteiger partial charge in [0.25, 0.3) is 5.91 Å². The molecule has 0 radical (unpaired) electrons. The third-order valence-corrected chi connectivity index (χ3v) is 2.73. The van der Waals surface area contributed by atoms with Crippen molar-refractivity contribution in [3.63, 3.8) is 0 Å². The Balaban J connectivity index is 2.42. The molecule has 2 N–H and O–H groups in total. The predicted molar refractivity (Wildman–Crippen MR) is 70.6 cm³/mol. The van der Waals surface area contributed by atoms with Crippen LogP contribution in [-0.4, -0.2) is 33.1 Å². The highest BCUT2D eigenvalue weighted by molar-refractivity contribution is 6.30. The Labute approximate surface area is 108 Å². The van der Waals surface area contributed by atoms with E-state index in [0.717, 1.165) is 6.54 Å². The molecule has 17 heavy (non-hydrogen) atoms. The lowest BCUT2D eigenvalue weighted by molar-refractivity contribution is -0.861. The topological polar surface area (TPSA) is 33.5 Å². The van der Waals surface area contributed by atoms with Crippen molar-refractivity contribution in [2.75, 3.05) is 27.2 Å². The minimum absolute atomic E-state index is 0.0396. The van der Waals surface area contributed by atoms with Crippen LogP contribution in [0.25, 0.3) is 0 Å². The summed E-state index contributed by atoms with van der Waals surface area (Å²) in [6.07, 6.45) is 0. The SMILES string of the molecule is C[C@H](CNC(=O)c1ccc(Cl)cc1)C[NH+](C)C. The average Bonchev–Trinajstić information content (AvgIpc) is 2.26. The third-order valence-electron chi connectivity index (χ3n) is 2.47. The highest BCUT2D eigenvalue weighted by Gasteiger charge is 2.09. The second kappa shape index (κ2) is 6.62.